The number of para-hydroxylation sites is 6. The number of fused-ring (bicyclic) bond motifs is 12. The van der Waals surface area contributed by atoms with Crippen molar-refractivity contribution in [1.82, 2.24) is 19.1 Å². The minimum Gasteiger partial charge on any atom is -0.455 e. The second kappa shape index (κ2) is 13.9. The lowest BCUT2D eigenvalue weighted by atomic mass is 10.00. The SMILES string of the molecule is c1ccc2c(c1)oc1c(-c3ccc(-c4ccc5ccc6ccc(-c7cc(-n8c9ccccc9c9ccccc98)cc(-n8c9ccccc9c9ccccc98)c7)nc6c5n4)cc3)cccc12. The van der Waals surface area contributed by atoms with Gasteiger partial charge in [-0.15, -0.1) is 0 Å². The van der Waals surface area contributed by atoms with Gasteiger partial charge in [-0.2, -0.15) is 0 Å². The van der Waals surface area contributed by atoms with Gasteiger partial charge in [0.05, 0.1) is 44.5 Å². The third-order valence-corrected chi connectivity index (χ3v) is 13.3. The molecule has 0 N–H and O–H groups in total. The minimum absolute atomic E-state index is 0.871. The average molecular weight is 829 g/mol. The maximum absolute atomic E-state index is 6.38. The maximum atomic E-state index is 6.38. The Kier molecular flexibility index (Phi) is 7.62. The van der Waals surface area contributed by atoms with E-state index in [0.29, 0.717) is 0 Å². The highest BCUT2D eigenvalue weighted by molar-refractivity contribution is 6.12. The molecule has 5 heterocycles. The standard InChI is InChI=1S/C60H36N4O/c1-6-19-53-45(12-1)46-13-2-7-20-54(46)63(53)42-34-41(35-43(36-42)64-55-21-8-3-14-47(55)48-15-4-9-22-56(48)64)52-33-31-40-29-28-39-30-32-51(61-58(39)59(40)62-52)38-26-24-37(25-27-38)44-17-11-18-50-49-16-5-10-23-57(49)65-60(44)50/h1-36H. The van der Waals surface area contributed by atoms with Gasteiger partial charge in [0.2, 0.25) is 0 Å². The fourth-order valence-corrected chi connectivity index (χ4v) is 10.3. The van der Waals surface area contributed by atoms with Crippen LogP contribution in [0.3, 0.4) is 0 Å². The van der Waals surface area contributed by atoms with Crippen LogP contribution in [-0.2, 0) is 0 Å². The molecule has 0 saturated heterocycles. The van der Waals surface area contributed by atoms with E-state index in [2.05, 4.69) is 215 Å². The molecule has 302 valence electrons. The molecule has 0 unspecified atom stereocenters. The zero-order valence-corrected chi connectivity index (χ0v) is 35.0. The van der Waals surface area contributed by atoms with E-state index in [-0.39, 0.29) is 0 Å². The summed E-state index contributed by atoms with van der Waals surface area (Å²) in [5.74, 6) is 0. The van der Waals surface area contributed by atoms with Crippen LogP contribution in [0.25, 0.3) is 132 Å². The fraction of sp³-hybridized carbons (Fsp3) is 0. The van der Waals surface area contributed by atoms with Gasteiger partial charge >= 0.3 is 0 Å². The fourth-order valence-electron chi connectivity index (χ4n) is 10.3. The summed E-state index contributed by atoms with van der Waals surface area (Å²) in [6.45, 7) is 0. The number of furan rings is 1. The third kappa shape index (κ3) is 5.46. The predicted molar refractivity (Wildman–Crippen MR) is 269 cm³/mol. The molecule has 5 heteroatoms. The first-order valence-electron chi connectivity index (χ1n) is 22.1. The van der Waals surface area contributed by atoms with Gasteiger partial charge in [-0.05, 0) is 66.2 Å². The quantitative estimate of drug-likeness (QED) is 0.162. The van der Waals surface area contributed by atoms with Gasteiger partial charge in [-0.3, -0.25) is 0 Å². The molecule has 5 aromatic heterocycles. The van der Waals surface area contributed by atoms with Crippen LogP contribution in [0.4, 0.5) is 0 Å². The number of hydrogen-bond acceptors (Lipinski definition) is 3. The van der Waals surface area contributed by atoms with E-state index in [0.717, 1.165) is 111 Å². The molecular weight excluding hydrogens is 793 g/mol. The molecule has 65 heavy (non-hydrogen) atoms. The molecule has 14 aromatic rings. The summed E-state index contributed by atoms with van der Waals surface area (Å²) in [6, 6.07) is 77.9. The summed E-state index contributed by atoms with van der Waals surface area (Å²) in [5.41, 5.74) is 16.3. The van der Waals surface area contributed by atoms with Gasteiger partial charge in [0.1, 0.15) is 11.2 Å². The molecule has 0 spiro atoms. The summed E-state index contributed by atoms with van der Waals surface area (Å²) in [7, 11) is 0. The molecule has 0 bridgehead atoms. The molecular formula is C60H36N4O. The lowest BCUT2D eigenvalue weighted by Gasteiger charge is -2.16. The lowest BCUT2D eigenvalue weighted by Crippen LogP contribution is -2.00. The Bertz CT molecular complexity index is 4010. The van der Waals surface area contributed by atoms with Crippen molar-refractivity contribution in [1.29, 1.82) is 0 Å². The van der Waals surface area contributed by atoms with Crippen molar-refractivity contribution >= 4 is 87.4 Å². The molecule has 0 aliphatic heterocycles. The second-order valence-corrected chi connectivity index (χ2v) is 16.9. The predicted octanol–water partition coefficient (Wildman–Crippen LogP) is 15.9. The van der Waals surface area contributed by atoms with Crippen molar-refractivity contribution in [3.63, 3.8) is 0 Å². The highest BCUT2D eigenvalue weighted by atomic mass is 16.3. The molecule has 0 amide bonds. The third-order valence-electron chi connectivity index (χ3n) is 13.3. The van der Waals surface area contributed by atoms with Gasteiger partial charge in [-0.25, -0.2) is 9.97 Å². The molecule has 0 atom stereocenters. The Hall–Kier alpha value is -8.80. The first-order chi connectivity index (χ1) is 32.2. The van der Waals surface area contributed by atoms with E-state index >= 15 is 0 Å². The van der Waals surface area contributed by atoms with Crippen LogP contribution in [0.5, 0.6) is 0 Å². The number of pyridine rings is 2. The Morgan fingerprint density at radius 3 is 1.29 bits per heavy atom. The summed E-state index contributed by atoms with van der Waals surface area (Å²) < 4.78 is 11.2. The first kappa shape index (κ1) is 35.8. The van der Waals surface area contributed by atoms with Crippen molar-refractivity contribution < 1.29 is 4.42 Å². The molecule has 0 radical (unpaired) electrons. The van der Waals surface area contributed by atoms with Gasteiger partial charge in [0, 0.05) is 71.2 Å². The smallest absolute Gasteiger partial charge is 0.143 e. The van der Waals surface area contributed by atoms with Crippen molar-refractivity contribution in [2.24, 2.45) is 0 Å². The zero-order chi connectivity index (χ0) is 42.6. The van der Waals surface area contributed by atoms with E-state index in [1.807, 2.05) is 12.1 Å². The van der Waals surface area contributed by atoms with Crippen LogP contribution >= 0.6 is 0 Å². The van der Waals surface area contributed by atoms with Gasteiger partial charge in [0.15, 0.2) is 0 Å². The Morgan fingerprint density at radius 1 is 0.323 bits per heavy atom. The first-order valence-corrected chi connectivity index (χ1v) is 22.1. The van der Waals surface area contributed by atoms with Crippen molar-refractivity contribution in [3.8, 4) is 45.0 Å². The molecule has 0 aliphatic rings. The second-order valence-electron chi connectivity index (χ2n) is 16.9. The number of rotatable bonds is 5. The van der Waals surface area contributed by atoms with E-state index in [9.17, 15) is 0 Å². The number of aromatic nitrogens is 4. The van der Waals surface area contributed by atoms with Crippen LogP contribution < -0.4 is 0 Å². The minimum atomic E-state index is 0.871. The van der Waals surface area contributed by atoms with E-state index < -0.39 is 0 Å². The van der Waals surface area contributed by atoms with Gasteiger partial charge in [0.25, 0.3) is 0 Å². The average Bonchev–Trinajstić information content (AvgIpc) is 4.04. The monoisotopic (exact) mass is 828 g/mol. The van der Waals surface area contributed by atoms with E-state index in [4.69, 9.17) is 14.4 Å². The highest BCUT2D eigenvalue weighted by Crippen LogP contribution is 2.40. The summed E-state index contributed by atoms with van der Waals surface area (Å²) in [6.07, 6.45) is 0. The molecule has 5 nitrogen and oxygen atoms in total. The van der Waals surface area contributed by atoms with Crippen LogP contribution in [0.1, 0.15) is 0 Å². The van der Waals surface area contributed by atoms with Crippen LogP contribution in [0.15, 0.2) is 223 Å². The molecule has 0 fully saturated rings. The van der Waals surface area contributed by atoms with Crippen LogP contribution in [0.2, 0.25) is 0 Å². The highest BCUT2D eigenvalue weighted by Gasteiger charge is 2.19. The Balaban J connectivity index is 0.940. The maximum Gasteiger partial charge on any atom is 0.143 e. The summed E-state index contributed by atoms with van der Waals surface area (Å²) in [5, 5.41) is 9.24. The zero-order valence-electron chi connectivity index (χ0n) is 35.0. The van der Waals surface area contributed by atoms with Gasteiger partial charge < -0.3 is 13.6 Å². The molecule has 14 rings (SSSR count). The molecule has 0 saturated carbocycles. The van der Waals surface area contributed by atoms with Gasteiger partial charge in [-0.1, -0.05) is 158 Å². The van der Waals surface area contributed by atoms with Crippen molar-refractivity contribution in [2.45, 2.75) is 0 Å². The Morgan fingerprint density at radius 2 is 0.754 bits per heavy atom. The Labute approximate surface area is 372 Å². The topological polar surface area (TPSA) is 48.8 Å². The summed E-state index contributed by atoms with van der Waals surface area (Å²) >= 11 is 0. The number of benzene rings is 9. The van der Waals surface area contributed by atoms with Crippen molar-refractivity contribution in [2.75, 3.05) is 0 Å². The normalized spacial score (nSPS) is 12.0. The largest absolute Gasteiger partial charge is 0.455 e. The van der Waals surface area contributed by atoms with E-state index in [1.165, 1.54) is 21.5 Å². The lowest BCUT2D eigenvalue weighted by molar-refractivity contribution is 0.670. The number of hydrogen-bond donors (Lipinski definition) is 0. The van der Waals surface area contributed by atoms with Crippen molar-refractivity contribution in [3.05, 3.63) is 218 Å². The molecule has 9 aromatic carbocycles. The van der Waals surface area contributed by atoms with E-state index in [1.54, 1.807) is 0 Å². The van der Waals surface area contributed by atoms with Crippen LogP contribution in [-0.4, -0.2) is 19.1 Å². The number of nitrogens with zero attached hydrogens (tertiary/aromatic N) is 4. The van der Waals surface area contributed by atoms with Crippen LogP contribution in [0, 0.1) is 0 Å². The summed E-state index contributed by atoms with van der Waals surface area (Å²) in [4.78, 5) is 10.9. The molecule has 0 aliphatic carbocycles.